The zero-order valence-electron chi connectivity index (χ0n) is 11.2. The Morgan fingerprint density at radius 1 is 1.29 bits per heavy atom. The van der Waals surface area contributed by atoms with Gasteiger partial charge in [0.1, 0.15) is 5.82 Å². The van der Waals surface area contributed by atoms with Gasteiger partial charge in [0.05, 0.1) is 0 Å². The van der Waals surface area contributed by atoms with Crippen LogP contribution in [0.3, 0.4) is 0 Å². The minimum atomic E-state index is -0.142. The van der Waals surface area contributed by atoms with Gasteiger partial charge < -0.3 is 5.32 Å². The van der Waals surface area contributed by atoms with Crippen molar-refractivity contribution in [1.82, 2.24) is 5.32 Å². The predicted molar refractivity (Wildman–Crippen MR) is 71.8 cm³/mol. The van der Waals surface area contributed by atoms with E-state index in [1.165, 1.54) is 24.8 Å². The van der Waals surface area contributed by atoms with E-state index in [1.54, 1.807) is 12.1 Å². The summed E-state index contributed by atoms with van der Waals surface area (Å²) >= 11 is 0. The third-order valence-corrected chi connectivity index (χ3v) is 3.26. The maximum atomic E-state index is 12.9. The summed E-state index contributed by atoms with van der Waals surface area (Å²) in [5.41, 5.74) is 2.29. The molecule has 1 nitrogen and oxygen atoms in total. The Hall–Kier alpha value is -0.890. The van der Waals surface area contributed by atoms with Gasteiger partial charge in [-0.25, -0.2) is 4.39 Å². The number of halogens is 1. The summed E-state index contributed by atoms with van der Waals surface area (Å²) in [6, 6.07) is 5.68. The minimum Gasteiger partial charge on any atom is -0.314 e. The second kappa shape index (κ2) is 7.44. The highest BCUT2D eigenvalue weighted by molar-refractivity contribution is 5.26. The van der Waals surface area contributed by atoms with E-state index in [-0.39, 0.29) is 5.82 Å². The summed E-state index contributed by atoms with van der Waals surface area (Å²) in [5, 5.41) is 3.57. The van der Waals surface area contributed by atoms with Crippen LogP contribution in [-0.2, 0) is 6.42 Å². The van der Waals surface area contributed by atoms with Crippen LogP contribution in [0.5, 0.6) is 0 Å². The Kier molecular flexibility index (Phi) is 6.20. The summed E-state index contributed by atoms with van der Waals surface area (Å²) in [6.45, 7) is 7.39. The maximum absolute atomic E-state index is 12.9. The van der Waals surface area contributed by atoms with Crippen molar-refractivity contribution in [3.05, 3.63) is 35.1 Å². The van der Waals surface area contributed by atoms with E-state index < -0.39 is 0 Å². The van der Waals surface area contributed by atoms with E-state index in [4.69, 9.17) is 0 Å². The fraction of sp³-hybridized carbons (Fsp3) is 0.600. The van der Waals surface area contributed by atoms with Crippen molar-refractivity contribution in [2.75, 3.05) is 6.54 Å². The molecule has 0 aliphatic heterocycles. The Labute approximate surface area is 104 Å². The van der Waals surface area contributed by atoms with Crippen LogP contribution in [-0.4, -0.2) is 12.6 Å². The number of aryl methyl sites for hydroxylation is 1. The van der Waals surface area contributed by atoms with E-state index >= 15 is 0 Å². The molecule has 1 N–H and O–H groups in total. The van der Waals surface area contributed by atoms with Crippen molar-refractivity contribution in [2.24, 2.45) is 0 Å². The molecule has 17 heavy (non-hydrogen) atoms. The third-order valence-electron chi connectivity index (χ3n) is 3.26. The molecule has 0 fully saturated rings. The number of hydrogen-bond acceptors (Lipinski definition) is 1. The van der Waals surface area contributed by atoms with Gasteiger partial charge in [0.15, 0.2) is 0 Å². The molecule has 0 aromatic heterocycles. The lowest BCUT2D eigenvalue weighted by Crippen LogP contribution is -2.30. The highest BCUT2D eigenvalue weighted by Gasteiger charge is 2.04. The van der Waals surface area contributed by atoms with Crippen LogP contribution in [0.1, 0.15) is 44.2 Å². The normalized spacial score (nSPS) is 12.7. The van der Waals surface area contributed by atoms with Crippen LogP contribution < -0.4 is 5.32 Å². The molecule has 0 spiro atoms. The topological polar surface area (TPSA) is 12.0 Å². The SMILES string of the molecule is CCCC(CC)NCCc1ccc(F)cc1C. The minimum absolute atomic E-state index is 0.142. The van der Waals surface area contributed by atoms with E-state index in [0.29, 0.717) is 6.04 Å². The van der Waals surface area contributed by atoms with Crippen molar-refractivity contribution < 1.29 is 4.39 Å². The fourth-order valence-corrected chi connectivity index (χ4v) is 2.15. The Balaban J connectivity index is 2.39. The summed E-state index contributed by atoms with van der Waals surface area (Å²) < 4.78 is 12.9. The van der Waals surface area contributed by atoms with E-state index in [2.05, 4.69) is 19.2 Å². The quantitative estimate of drug-likeness (QED) is 0.759. The van der Waals surface area contributed by atoms with Crippen molar-refractivity contribution in [1.29, 1.82) is 0 Å². The number of hydrogen-bond donors (Lipinski definition) is 1. The van der Waals surface area contributed by atoms with Crippen LogP contribution in [0.15, 0.2) is 18.2 Å². The lowest BCUT2D eigenvalue weighted by atomic mass is 10.0. The highest BCUT2D eigenvalue weighted by Crippen LogP contribution is 2.10. The Morgan fingerprint density at radius 2 is 2.06 bits per heavy atom. The smallest absolute Gasteiger partial charge is 0.123 e. The zero-order valence-corrected chi connectivity index (χ0v) is 11.2. The first kappa shape index (κ1) is 14.2. The Bertz CT molecular complexity index is 336. The van der Waals surface area contributed by atoms with Gasteiger partial charge in [-0.05, 0) is 56.0 Å². The molecule has 0 bridgehead atoms. The van der Waals surface area contributed by atoms with Gasteiger partial charge in [0, 0.05) is 6.04 Å². The van der Waals surface area contributed by atoms with Gasteiger partial charge in [-0.1, -0.05) is 26.3 Å². The average Bonchev–Trinajstić information content (AvgIpc) is 2.30. The molecule has 2 heteroatoms. The van der Waals surface area contributed by atoms with E-state index in [9.17, 15) is 4.39 Å². The van der Waals surface area contributed by atoms with Gasteiger partial charge >= 0.3 is 0 Å². The van der Waals surface area contributed by atoms with Gasteiger partial charge in [0.2, 0.25) is 0 Å². The summed E-state index contributed by atoms with van der Waals surface area (Å²) in [7, 11) is 0. The second-order valence-corrected chi connectivity index (χ2v) is 4.67. The molecule has 0 saturated heterocycles. The van der Waals surface area contributed by atoms with Gasteiger partial charge in [-0.3, -0.25) is 0 Å². The summed E-state index contributed by atoms with van der Waals surface area (Å²) in [6.07, 6.45) is 4.61. The first-order valence-electron chi connectivity index (χ1n) is 6.65. The van der Waals surface area contributed by atoms with Crippen LogP contribution in [0.25, 0.3) is 0 Å². The third kappa shape index (κ3) is 4.86. The first-order chi connectivity index (χ1) is 8.17. The molecule has 96 valence electrons. The molecule has 0 aliphatic rings. The summed E-state index contributed by atoms with van der Waals surface area (Å²) in [4.78, 5) is 0. The number of rotatable bonds is 7. The van der Waals surface area contributed by atoms with E-state index in [1.807, 2.05) is 13.0 Å². The number of nitrogens with one attached hydrogen (secondary N) is 1. The molecule has 0 aliphatic carbocycles. The molecule has 1 atom stereocenters. The van der Waals surface area contributed by atoms with Crippen LogP contribution in [0.4, 0.5) is 4.39 Å². The predicted octanol–water partition coefficient (Wildman–Crippen LogP) is 3.84. The second-order valence-electron chi connectivity index (χ2n) is 4.67. The van der Waals surface area contributed by atoms with Crippen LogP contribution in [0.2, 0.25) is 0 Å². The van der Waals surface area contributed by atoms with Gasteiger partial charge in [-0.15, -0.1) is 0 Å². The molecule has 1 aromatic carbocycles. The van der Waals surface area contributed by atoms with Gasteiger partial charge in [-0.2, -0.15) is 0 Å². The lowest BCUT2D eigenvalue weighted by molar-refractivity contribution is 0.466. The van der Waals surface area contributed by atoms with Gasteiger partial charge in [0.25, 0.3) is 0 Å². The molecule has 1 rings (SSSR count). The van der Waals surface area contributed by atoms with Crippen molar-refractivity contribution >= 4 is 0 Å². The molecule has 0 amide bonds. The van der Waals surface area contributed by atoms with Crippen LogP contribution in [0, 0.1) is 12.7 Å². The zero-order chi connectivity index (χ0) is 12.7. The number of benzene rings is 1. The molecule has 0 radical (unpaired) electrons. The molecular formula is C15H24FN. The highest BCUT2D eigenvalue weighted by atomic mass is 19.1. The summed E-state index contributed by atoms with van der Waals surface area (Å²) in [5.74, 6) is -0.142. The average molecular weight is 237 g/mol. The lowest BCUT2D eigenvalue weighted by Gasteiger charge is -2.16. The van der Waals surface area contributed by atoms with Crippen molar-refractivity contribution in [3.8, 4) is 0 Å². The maximum Gasteiger partial charge on any atom is 0.123 e. The molecule has 1 unspecified atom stereocenters. The first-order valence-corrected chi connectivity index (χ1v) is 6.65. The molecule has 1 aromatic rings. The van der Waals surface area contributed by atoms with Crippen molar-refractivity contribution in [3.63, 3.8) is 0 Å². The van der Waals surface area contributed by atoms with Crippen LogP contribution >= 0.6 is 0 Å². The standard InChI is InChI=1S/C15H24FN/c1-4-6-15(5-2)17-10-9-13-7-8-14(16)11-12(13)3/h7-8,11,15,17H,4-6,9-10H2,1-3H3. The fourth-order valence-electron chi connectivity index (χ4n) is 2.15. The largest absolute Gasteiger partial charge is 0.314 e. The Morgan fingerprint density at radius 3 is 2.65 bits per heavy atom. The molecular weight excluding hydrogens is 213 g/mol. The molecule has 0 heterocycles. The van der Waals surface area contributed by atoms with Crippen molar-refractivity contribution in [2.45, 2.75) is 52.5 Å². The molecule has 0 saturated carbocycles. The van der Waals surface area contributed by atoms with E-state index in [0.717, 1.165) is 18.5 Å². The monoisotopic (exact) mass is 237 g/mol.